The summed E-state index contributed by atoms with van der Waals surface area (Å²) in [5.74, 6) is 1.54. The molecule has 5 N–H and O–H groups in total. The van der Waals surface area contributed by atoms with Crippen molar-refractivity contribution in [1.82, 2.24) is 31.2 Å². The van der Waals surface area contributed by atoms with Gasteiger partial charge in [-0.25, -0.2) is 0 Å². The average Bonchev–Trinajstić information content (AvgIpc) is 3.73. The number of nitrogens with one attached hydrogen (secondary N) is 5. The van der Waals surface area contributed by atoms with Crippen molar-refractivity contribution in [3.8, 4) is 33.9 Å². The van der Waals surface area contributed by atoms with Crippen molar-refractivity contribution in [2.45, 2.75) is 50.9 Å². The summed E-state index contributed by atoms with van der Waals surface area (Å²) in [6, 6.07) is 13.7. The molecule has 4 heterocycles. The molecule has 2 aromatic carbocycles. The molecule has 0 radical (unpaired) electrons. The molecule has 6 rings (SSSR count). The zero-order chi connectivity index (χ0) is 34.3. The molecule has 2 fully saturated rings. The largest absolute Gasteiger partial charge is 0.496 e. The number of benzene rings is 2. The van der Waals surface area contributed by atoms with Crippen molar-refractivity contribution in [3.63, 3.8) is 0 Å². The van der Waals surface area contributed by atoms with Crippen LogP contribution in [-0.4, -0.2) is 61.2 Å². The number of hydrogen-bond donors (Lipinski definition) is 5. The minimum atomic E-state index is 0.0903. The number of rotatable bonds is 14. The number of hydrogen-bond acceptors (Lipinski definition) is 9. The Morgan fingerprint density at radius 2 is 1.51 bits per heavy atom. The Morgan fingerprint density at radius 1 is 0.816 bits per heavy atom. The first-order chi connectivity index (χ1) is 23.8. The monoisotopic (exact) mass is 703 g/mol. The van der Waals surface area contributed by atoms with Gasteiger partial charge in [-0.3, -0.25) is 19.6 Å². The second kappa shape index (κ2) is 15.9. The van der Waals surface area contributed by atoms with E-state index in [0.29, 0.717) is 77.6 Å². The Balaban J connectivity index is 1.19. The van der Waals surface area contributed by atoms with Crippen LogP contribution in [0.1, 0.15) is 36.8 Å². The third-order valence-corrected chi connectivity index (χ3v) is 9.55. The summed E-state index contributed by atoms with van der Waals surface area (Å²) in [6.07, 6.45) is 7.97. The van der Waals surface area contributed by atoms with Gasteiger partial charge in [-0.05, 0) is 31.0 Å². The molecule has 2 aromatic heterocycles. The molecule has 0 spiro atoms. The van der Waals surface area contributed by atoms with Gasteiger partial charge in [0.25, 0.3) is 0 Å². The lowest BCUT2D eigenvalue weighted by molar-refractivity contribution is -0.120. The van der Waals surface area contributed by atoms with E-state index in [2.05, 4.69) is 36.6 Å². The van der Waals surface area contributed by atoms with Gasteiger partial charge in [0.1, 0.15) is 17.2 Å². The molecule has 2 aliphatic heterocycles. The molecule has 2 amide bonds. The van der Waals surface area contributed by atoms with Crippen LogP contribution >= 0.6 is 23.2 Å². The number of ether oxygens (including phenoxy) is 2. The van der Waals surface area contributed by atoms with Gasteiger partial charge in [0.2, 0.25) is 11.8 Å². The fourth-order valence-electron chi connectivity index (χ4n) is 6.24. The number of halogens is 2. The molecule has 49 heavy (non-hydrogen) atoms. The minimum Gasteiger partial charge on any atom is -0.496 e. The maximum atomic E-state index is 11.5. The van der Waals surface area contributed by atoms with Crippen LogP contribution in [0.2, 0.25) is 10.0 Å². The Morgan fingerprint density at radius 3 is 2.16 bits per heavy atom. The Hall–Kier alpha value is -4.42. The van der Waals surface area contributed by atoms with E-state index >= 15 is 0 Å². The molecule has 256 valence electrons. The third kappa shape index (κ3) is 8.08. The van der Waals surface area contributed by atoms with E-state index in [1.165, 1.54) is 0 Å². The number of methoxy groups -OCH3 is 2. The Bertz CT molecular complexity index is 1840. The summed E-state index contributed by atoms with van der Waals surface area (Å²) in [4.78, 5) is 32.1. The van der Waals surface area contributed by atoms with Gasteiger partial charge >= 0.3 is 0 Å². The van der Waals surface area contributed by atoms with Gasteiger partial charge in [0.15, 0.2) is 0 Å². The number of anilines is 2. The highest BCUT2D eigenvalue weighted by atomic mass is 35.5. The quantitative estimate of drug-likeness (QED) is 0.113. The normalized spacial score (nSPS) is 17.1. The molecular formula is C36H39Cl2N7O4. The SMILES string of the molecule is COc1cc(-c2nccc(-c3cccc(Nc4cncc(CNC[C@H]5CCC(=O)N5)c4OC)c3Cl)c2Cl)ccc1CNC[C@@H]1CCC(=O)N1. The zero-order valence-corrected chi connectivity index (χ0v) is 28.9. The van der Waals surface area contributed by atoms with Gasteiger partial charge in [-0.1, -0.05) is 47.5 Å². The van der Waals surface area contributed by atoms with Crippen molar-refractivity contribution >= 4 is 46.4 Å². The van der Waals surface area contributed by atoms with Crippen LogP contribution in [0.25, 0.3) is 22.4 Å². The Labute approximate surface area is 295 Å². The summed E-state index contributed by atoms with van der Waals surface area (Å²) < 4.78 is 11.5. The number of carbonyl (C=O) groups excluding carboxylic acids is 2. The van der Waals surface area contributed by atoms with Crippen molar-refractivity contribution in [2.75, 3.05) is 32.6 Å². The van der Waals surface area contributed by atoms with Crippen molar-refractivity contribution in [2.24, 2.45) is 0 Å². The smallest absolute Gasteiger partial charge is 0.220 e. The molecular weight excluding hydrogens is 665 g/mol. The zero-order valence-electron chi connectivity index (χ0n) is 27.4. The second-order valence-corrected chi connectivity index (χ2v) is 12.8. The van der Waals surface area contributed by atoms with Crippen LogP contribution < -0.4 is 36.1 Å². The van der Waals surface area contributed by atoms with Gasteiger partial charge in [0, 0.05) is 91.3 Å². The van der Waals surface area contributed by atoms with Crippen molar-refractivity contribution in [3.05, 3.63) is 82.2 Å². The summed E-state index contributed by atoms with van der Waals surface area (Å²) in [5, 5.41) is 17.1. The minimum absolute atomic E-state index is 0.0903. The molecule has 11 nitrogen and oxygen atoms in total. The van der Waals surface area contributed by atoms with Crippen molar-refractivity contribution < 1.29 is 19.1 Å². The predicted octanol–water partition coefficient (Wildman–Crippen LogP) is 5.61. The topological polar surface area (TPSA) is 139 Å². The van der Waals surface area contributed by atoms with Crippen LogP contribution in [0.15, 0.2) is 61.1 Å². The van der Waals surface area contributed by atoms with E-state index in [9.17, 15) is 9.59 Å². The fourth-order valence-corrected chi connectivity index (χ4v) is 6.84. The maximum Gasteiger partial charge on any atom is 0.220 e. The van der Waals surface area contributed by atoms with E-state index in [0.717, 1.165) is 40.7 Å². The van der Waals surface area contributed by atoms with Crippen LogP contribution in [-0.2, 0) is 22.7 Å². The van der Waals surface area contributed by atoms with Gasteiger partial charge in [-0.15, -0.1) is 0 Å². The summed E-state index contributed by atoms with van der Waals surface area (Å²) >= 11 is 14.1. The standard InChI is InChI=1S/C36H39Cl2N7O4/c1-48-30-14-21(6-7-22(30)15-39-18-24-8-10-31(46)43-24)35-34(38)27(12-13-42-35)26-4-3-5-28(33(26)37)45-29-20-41-17-23(36(29)49-2)16-40-19-25-9-11-32(47)44-25/h3-7,12-14,17,20,24-25,39-40,45H,8-11,15-16,18-19H2,1-2H3,(H,43,46)(H,44,47)/t24-,25+/m0/s1. The van der Waals surface area contributed by atoms with Crippen LogP contribution in [0.5, 0.6) is 11.5 Å². The van der Waals surface area contributed by atoms with Crippen molar-refractivity contribution in [1.29, 1.82) is 0 Å². The number of carbonyl (C=O) groups is 2. The van der Waals surface area contributed by atoms with E-state index < -0.39 is 0 Å². The van der Waals surface area contributed by atoms with Crippen LogP contribution in [0, 0.1) is 0 Å². The maximum absolute atomic E-state index is 11.5. The van der Waals surface area contributed by atoms with E-state index in [1.807, 2.05) is 42.5 Å². The van der Waals surface area contributed by atoms with Gasteiger partial charge in [0.05, 0.1) is 41.8 Å². The number of amides is 2. The first kappa shape index (κ1) is 34.4. The van der Waals surface area contributed by atoms with Gasteiger partial charge < -0.3 is 36.1 Å². The Kier molecular flexibility index (Phi) is 11.1. The molecule has 2 saturated heterocycles. The number of aromatic nitrogens is 2. The predicted molar refractivity (Wildman–Crippen MR) is 191 cm³/mol. The second-order valence-electron chi connectivity index (χ2n) is 12.1. The third-order valence-electron chi connectivity index (χ3n) is 8.76. The molecule has 2 aliphatic rings. The highest BCUT2D eigenvalue weighted by Gasteiger charge is 2.22. The molecule has 0 saturated carbocycles. The molecule has 13 heteroatoms. The van der Waals surface area contributed by atoms with E-state index in [1.54, 1.807) is 32.8 Å². The number of nitrogens with zero attached hydrogens (tertiary/aromatic N) is 2. The summed E-state index contributed by atoms with van der Waals surface area (Å²) in [7, 11) is 3.25. The fraction of sp³-hybridized carbons (Fsp3) is 0.333. The van der Waals surface area contributed by atoms with E-state index in [4.69, 9.17) is 32.7 Å². The van der Waals surface area contributed by atoms with Crippen LogP contribution in [0.4, 0.5) is 11.4 Å². The molecule has 0 unspecified atom stereocenters. The molecule has 2 atom stereocenters. The number of pyridine rings is 2. The van der Waals surface area contributed by atoms with Crippen LogP contribution in [0.3, 0.4) is 0 Å². The lowest BCUT2D eigenvalue weighted by atomic mass is 10.0. The lowest BCUT2D eigenvalue weighted by Gasteiger charge is -2.18. The first-order valence-corrected chi connectivity index (χ1v) is 17.0. The summed E-state index contributed by atoms with van der Waals surface area (Å²) in [5.41, 5.74) is 6.03. The molecule has 4 aromatic rings. The first-order valence-electron chi connectivity index (χ1n) is 16.2. The lowest BCUT2D eigenvalue weighted by Crippen LogP contribution is -2.35. The average molecular weight is 705 g/mol. The highest BCUT2D eigenvalue weighted by Crippen LogP contribution is 2.42. The highest BCUT2D eigenvalue weighted by molar-refractivity contribution is 6.39. The molecule has 0 bridgehead atoms. The van der Waals surface area contributed by atoms with E-state index in [-0.39, 0.29) is 23.9 Å². The molecule has 0 aliphatic carbocycles. The van der Waals surface area contributed by atoms with Gasteiger partial charge in [-0.2, -0.15) is 0 Å². The summed E-state index contributed by atoms with van der Waals surface area (Å²) in [6.45, 7) is 2.45.